The fourth-order valence-electron chi connectivity index (χ4n) is 3.07. The summed E-state index contributed by atoms with van der Waals surface area (Å²) in [6, 6.07) is 7.94. The summed E-state index contributed by atoms with van der Waals surface area (Å²) in [4.78, 5) is 31.3. The summed E-state index contributed by atoms with van der Waals surface area (Å²) in [6.07, 6.45) is 1.52. The lowest BCUT2D eigenvalue weighted by Crippen LogP contribution is -2.12. The predicted molar refractivity (Wildman–Crippen MR) is 118 cm³/mol. The third kappa shape index (κ3) is 5.09. The quantitative estimate of drug-likeness (QED) is 0.281. The number of oxazole rings is 1. The minimum absolute atomic E-state index is 0.00285. The van der Waals surface area contributed by atoms with E-state index >= 15 is 0 Å². The molecule has 0 unspecified atom stereocenters. The highest BCUT2D eigenvalue weighted by molar-refractivity contribution is 7.14. The minimum atomic E-state index is -0.770. The Bertz CT molecular complexity index is 1350. The molecule has 33 heavy (non-hydrogen) atoms. The predicted octanol–water partition coefficient (Wildman–Crippen LogP) is 5.53. The SMILES string of the molecule is Cc1ccc(-c2csc(NC(=O)CCc3ncc(-c4ccc(F)cc4F)o3)n2)cc1[N+](=O)[O-]. The number of aromatic nitrogens is 2. The van der Waals surface area contributed by atoms with Crippen molar-refractivity contribution in [3.8, 4) is 22.6 Å². The van der Waals surface area contributed by atoms with Crippen LogP contribution in [-0.2, 0) is 11.2 Å². The molecule has 168 valence electrons. The van der Waals surface area contributed by atoms with E-state index in [1.807, 2.05) is 0 Å². The van der Waals surface area contributed by atoms with Crippen molar-refractivity contribution in [1.82, 2.24) is 9.97 Å². The number of carbonyl (C=O) groups excluding carboxylic acids is 1. The number of anilines is 1. The number of thiazole rings is 1. The van der Waals surface area contributed by atoms with Gasteiger partial charge < -0.3 is 9.73 Å². The van der Waals surface area contributed by atoms with Crippen molar-refractivity contribution in [1.29, 1.82) is 0 Å². The first-order valence-electron chi connectivity index (χ1n) is 9.71. The van der Waals surface area contributed by atoms with Gasteiger partial charge in [0.1, 0.15) is 11.6 Å². The number of hydrogen-bond donors (Lipinski definition) is 1. The van der Waals surface area contributed by atoms with Gasteiger partial charge in [0.15, 0.2) is 16.8 Å². The van der Waals surface area contributed by atoms with Gasteiger partial charge >= 0.3 is 0 Å². The molecule has 0 bridgehead atoms. The minimum Gasteiger partial charge on any atom is -0.441 e. The molecule has 4 rings (SSSR count). The molecular formula is C22H16F2N4O4S. The number of hydrogen-bond acceptors (Lipinski definition) is 7. The second kappa shape index (κ2) is 9.25. The number of amides is 1. The third-order valence-corrected chi connectivity index (χ3v) is 5.53. The van der Waals surface area contributed by atoms with Crippen LogP contribution >= 0.6 is 11.3 Å². The fourth-order valence-corrected chi connectivity index (χ4v) is 3.81. The van der Waals surface area contributed by atoms with Crippen LogP contribution in [0.1, 0.15) is 17.9 Å². The summed E-state index contributed by atoms with van der Waals surface area (Å²) >= 11 is 1.19. The summed E-state index contributed by atoms with van der Waals surface area (Å²) in [6.45, 7) is 1.65. The monoisotopic (exact) mass is 470 g/mol. The van der Waals surface area contributed by atoms with E-state index in [4.69, 9.17) is 4.42 Å². The Kier molecular flexibility index (Phi) is 6.22. The van der Waals surface area contributed by atoms with Crippen molar-refractivity contribution in [3.05, 3.63) is 81.2 Å². The summed E-state index contributed by atoms with van der Waals surface area (Å²) in [5, 5.41) is 15.9. The number of nitrogens with zero attached hydrogens (tertiary/aromatic N) is 3. The normalized spacial score (nSPS) is 10.9. The van der Waals surface area contributed by atoms with Crippen LogP contribution < -0.4 is 5.32 Å². The van der Waals surface area contributed by atoms with Crippen LogP contribution in [0.25, 0.3) is 22.6 Å². The molecule has 0 saturated carbocycles. The molecule has 2 aromatic carbocycles. The second-order valence-corrected chi connectivity index (χ2v) is 7.94. The maximum Gasteiger partial charge on any atom is 0.272 e. The van der Waals surface area contributed by atoms with E-state index in [0.29, 0.717) is 22.0 Å². The van der Waals surface area contributed by atoms with Gasteiger partial charge in [-0.2, -0.15) is 0 Å². The number of aryl methyl sites for hydroxylation is 2. The van der Waals surface area contributed by atoms with Crippen LogP contribution in [0.2, 0.25) is 0 Å². The molecule has 8 nitrogen and oxygen atoms in total. The van der Waals surface area contributed by atoms with Crippen LogP contribution in [-0.4, -0.2) is 20.8 Å². The molecule has 0 spiro atoms. The summed E-state index contributed by atoms with van der Waals surface area (Å²) < 4.78 is 32.4. The molecule has 0 aliphatic carbocycles. The molecule has 1 N–H and O–H groups in total. The van der Waals surface area contributed by atoms with Crippen molar-refractivity contribution in [3.63, 3.8) is 0 Å². The first kappa shape index (κ1) is 22.2. The van der Waals surface area contributed by atoms with Crippen molar-refractivity contribution >= 4 is 28.1 Å². The lowest BCUT2D eigenvalue weighted by atomic mass is 10.1. The summed E-state index contributed by atoms with van der Waals surface area (Å²) in [5.41, 5.74) is 1.70. The molecule has 0 aliphatic rings. The van der Waals surface area contributed by atoms with Crippen molar-refractivity contribution < 1.29 is 22.9 Å². The van der Waals surface area contributed by atoms with Crippen LogP contribution in [0.3, 0.4) is 0 Å². The Morgan fingerprint density at radius 1 is 1.24 bits per heavy atom. The standard InChI is InChI=1S/C22H16F2N4O4S/c1-12-2-3-13(8-18(12)28(30)31)17-11-33-22(26-17)27-20(29)6-7-21-25-10-19(32-21)15-5-4-14(23)9-16(15)24/h2-5,8-11H,6-7H2,1H3,(H,26,27,29). The van der Waals surface area contributed by atoms with E-state index < -0.39 is 16.6 Å². The molecule has 4 aromatic rings. The van der Waals surface area contributed by atoms with Crippen molar-refractivity contribution in [2.75, 3.05) is 5.32 Å². The number of benzene rings is 2. The molecule has 2 aromatic heterocycles. The van der Waals surface area contributed by atoms with Crippen molar-refractivity contribution in [2.24, 2.45) is 0 Å². The van der Waals surface area contributed by atoms with Gasteiger partial charge in [0, 0.05) is 41.5 Å². The topological polar surface area (TPSA) is 111 Å². The van der Waals surface area contributed by atoms with E-state index in [-0.39, 0.29) is 41.7 Å². The first-order chi connectivity index (χ1) is 15.8. The average Bonchev–Trinajstić information content (AvgIpc) is 3.42. The van der Waals surface area contributed by atoms with E-state index in [0.717, 1.165) is 12.1 Å². The van der Waals surface area contributed by atoms with Crippen LogP contribution in [0, 0.1) is 28.7 Å². The van der Waals surface area contributed by atoms with Crippen LogP contribution in [0.15, 0.2) is 52.4 Å². The van der Waals surface area contributed by atoms with E-state index in [1.165, 1.54) is 29.7 Å². The Labute approximate surface area is 190 Å². The van der Waals surface area contributed by atoms with E-state index in [9.17, 15) is 23.7 Å². The molecular weight excluding hydrogens is 454 g/mol. The van der Waals surface area contributed by atoms with E-state index in [2.05, 4.69) is 15.3 Å². The maximum absolute atomic E-state index is 13.9. The highest BCUT2D eigenvalue weighted by Gasteiger charge is 2.16. The Morgan fingerprint density at radius 3 is 2.82 bits per heavy atom. The fraction of sp³-hybridized carbons (Fsp3) is 0.136. The van der Waals surface area contributed by atoms with Crippen molar-refractivity contribution in [2.45, 2.75) is 19.8 Å². The Hall–Kier alpha value is -3.99. The van der Waals surface area contributed by atoms with E-state index in [1.54, 1.807) is 24.4 Å². The van der Waals surface area contributed by atoms with Gasteiger partial charge in [-0.05, 0) is 19.1 Å². The number of carbonyl (C=O) groups is 1. The molecule has 0 atom stereocenters. The highest BCUT2D eigenvalue weighted by Crippen LogP contribution is 2.29. The van der Waals surface area contributed by atoms with Crippen LogP contribution in [0.4, 0.5) is 19.6 Å². The second-order valence-electron chi connectivity index (χ2n) is 7.09. The van der Waals surface area contributed by atoms with Crippen LogP contribution in [0.5, 0.6) is 0 Å². The first-order valence-corrected chi connectivity index (χ1v) is 10.6. The summed E-state index contributed by atoms with van der Waals surface area (Å²) in [7, 11) is 0. The molecule has 0 aliphatic heterocycles. The molecule has 0 fully saturated rings. The average molecular weight is 470 g/mol. The molecule has 2 heterocycles. The Morgan fingerprint density at radius 2 is 2.06 bits per heavy atom. The van der Waals surface area contributed by atoms with Gasteiger partial charge in [0.05, 0.1) is 22.4 Å². The number of nitro groups is 1. The number of nitro benzene ring substituents is 1. The summed E-state index contributed by atoms with van der Waals surface area (Å²) in [5.74, 6) is -1.43. The zero-order valence-corrected chi connectivity index (χ0v) is 18.0. The molecule has 0 saturated heterocycles. The van der Waals surface area contributed by atoms with Gasteiger partial charge in [0.2, 0.25) is 5.91 Å². The number of rotatable bonds is 7. The van der Waals surface area contributed by atoms with Gasteiger partial charge in [-0.25, -0.2) is 18.7 Å². The smallest absolute Gasteiger partial charge is 0.272 e. The zero-order chi connectivity index (χ0) is 23.5. The maximum atomic E-state index is 13.9. The third-order valence-electron chi connectivity index (χ3n) is 4.77. The Balaban J connectivity index is 1.37. The lowest BCUT2D eigenvalue weighted by Gasteiger charge is -2.01. The van der Waals surface area contributed by atoms with Gasteiger partial charge in [-0.15, -0.1) is 11.3 Å². The number of nitrogens with one attached hydrogen (secondary N) is 1. The largest absolute Gasteiger partial charge is 0.441 e. The van der Waals surface area contributed by atoms with Gasteiger partial charge in [-0.3, -0.25) is 14.9 Å². The van der Waals surface area contributed by atoms with Gasteiger partial charge in [0.25, 0.3) is 5.69 Å². The molecule has 11 heteroatoms. The number of halogens is 2. The zero-order valence-electron chi connectivity index (χ0n) is 17.2. The molecule has 1 amide bonds. The van der Waals surface area contributed by atoms with Gasteiger partial charge in [-0.1, -0.05) is 12.1 Å². The molecule has 0 radical (unpaired) electrons. The highest BCUT2D eigenvalue weighted by atomic mass is 32.1. The lowest BCUT2D eigenvalue weighted by molar-refractivity contribution is -0.385.